The monoisotopic (exact) mass is 335 g/mol. The van der Waals surface area contributed by atoms with Crippen LogP contribution in [0.1, 0.15) is 16.8 Å². The zero-order valence-electron chi connectivity index (χ0n) is 13.1. The molecule has 0 bridgehead atoms. The van der Waals surface area contributed by atoms with E-state index < -0.39 is 4.92 Å². The number of rotatable bonds is 6. The zero-order chi connectivity index (χ0) is 17.6. The molecule has 0 saturated carbocycles. The van der Waals surface area contributed by atoms with Crippen LogP contribution in [0.5, 0.6) is 5.75 Å². The van der Waals surface area contributed by atoms with Gasteiger partial charge in [-0.05, 0) is 29.8 Å². The molecule has 3 aromatic rings. The Hall–Kier alpha value is -3.73. The molecule has 0 radical (unpaired) electrons. The van der Waals surface area contributed by atoms with Crippen LogP contribution < -0.4 is 4.74 Å². The summed E-state index contributed by atoms with van der Waals surface area (Å²) >= 11 is 0. The number of nitro groups is 1. The van der Waals surface area contributed by atoms with E-state index in [-0.39, 0.29) is 12.3 Å². The molecule has 2 aromatic carbocycles. The highest BCUT2D eigenvalue weighted by molar-refractivity contribution is 5.36. The largest absolute Gasteiger partial charge is 0.487 e. The van der Waals surface area contributed by atoms with E-state index in [0.29, 0.717) is 23.6 Å². The van der Waals surface area contributed by atoms with E-state index in [2.05, 4.69) is 16.4 Å². The summed E-state index contributed by atoms with van der Waals surface area (Å²) < 4.78 is 7.22. The summed E-state index contributed by atoms with van der Waals surface area (Å²) in [7, 11) is 0. The first kappa shape index (κ1) is 16.1. The van der Waals surface area contributed by atoms with Crippen molar-refractivity contribution in [3.63, 3.8) is 0 Å². The Morgan fingerprint density at radius 2 is 1.88 bits per heavy atom. The second-order valence-electron chi connectivity index (χ2n) is 5.26. The van der Waals surface area contributed by atoms with E-state index in [1.165, 1.54) is 12.1 Å². The van der Waals surface area contributed by atoms with E-state index >= 15 is 0 Å². The molecule has 124 valence electrons. The Balaban J connectivity index is 1.57. The van der Waals surface area contributed by atoms with Crippen molar-refractivity contribution < 1.29 is 9.66 Å². The Kier molecular flexibility index (Phi) is 4.67. The zero-order valence-corrected chi connectivity index (χ0v) is 13.1. The fraction of sp³-hybridized carbons (Fsp3) is 0.118. The highest BCUT2D eigenvalue weighted by Gasteiger charge is 2.06. The van der Waals surface area contributed by atoms with Gasteiger partial charge in [0.15, 0.2) is 0 Å². The fourth-order valence-corrected chi connectivity index (χ4v) is 2.18. The lowest BCUT2D eigenvalue weighted by Crippen LogP contribution is -2.00. The molecule has 1 heterocycles. The smallest absolute Gasteiger partial charge is 0.269 e. The second-order valence-corrected chi connectivity index (χ2v) is 5.26. The predicted molar refractivity (Wildman–Crippen MR) is 87.7 cm³/mol. The summed E-state index contributed by atoms with van der Waals surface area (Å²) in [5.41, 5.74) is 2.28. The van der Waals surface area contributed by atoms with Crippen LogP contribution in [0.2, 0.25) is 0 Å². The van der Waals surface area contributed by atoms with Crippen LogP contribution in [0.3, 0.4) is 0 Å². The quantitative estimate of drug-likeness (QED) is 0.506. The molecule has 0 aliphatic carbocycles. The maximum atomic E-state index is 10.6. The molecule has 0 atom stereocenters. The number of hydrogen-bond donors (Lipinski definition) is 0. The lowest BCUT2D eigenvalue weighted by molar-refractivity contribution is -0.384. The fourth-order valence-electron chi connectivity index (χ4n) is 2.18. The third kappa shape index (κ3) is 4.17. The van der Waals surface area contributed by atoms with Gasteiger partial charge in [0.2, 0.25) is 0 Å². The summed E-state index contributed by atoms with van der Waals surface area (Å²) in [5.74, 6) is 0.521. The molecule has 1 aromatic heterocycles. The van der Waals surface area contributed by atoms with Gasteiger partial charge in [-0.15, -0.1) is 5.10 Å². The van der Waals surface area contributed by atoms with E-state index in [0.717, 1.165) is 5.56 Å². The van der Waals surface area contributed by atoms with E-state index in [1.54, 1.807) is 35.1 Å². The van der Waals surface area contributed by atoms with Gasteiger partial charge in [-0.2, -0.15) is 5.26 Å². The number of nitrogens with zero attached hydrogens (tertiary/aromatic N) is 5. The second kappa shape index (κ2) is 7.23. The van der Waals surface area contributed by atoms with Crippen LogP contribution >= 0.6 is 0 Å². The molecule has 0 fully saturated rings. The van der Waals surface area contributed by atoms with Crippen molar-refractivity contribution >= 4 is 5.69 Å². The Morgan fingerprint density at radius 3 is 2.52 bits per heavy atom. The molecule has 25 heavy (non-hydrogen) atoms. The van der Waals surface area contributed by atoms with E-state index in [1.807, 2.05) is 12.1 Å². The van der Waals surface area contributed by atoms with Crippen molar-refractivity contribution in [3.8, 4) is 11.8 Å². The third-order valence-electron chi connectivity index (χ3n) is 3.45. The van der Waals surface area contributed by atoms with Gasteiger partial charge in [0.25, 0.3) is 5.69 Å². The predicted octanol–water partition coefficient (Wildman–Crippen LogP) is 2.69. The maximum absolute atomic E-state index is 10.6. The summed E-state index contributed by atoms with van der Waals surface area (Å²) in [6, 6.07) is 15.2. The van der Waals surface area contributed by atoms with Crippen molar-refractivity contribution in [3.05, 3.63) is 81.7 Å². The van der Waals surface area contributed by atoms with Gasteiger partial charge >= 0.3 is 0 Å². The molecule has 0 spiro atoms. The molecule has 0 saturated heterocycles. The van der Waals surface area contributed by atoms with Crippen molar-refractivity contribution in [1.82, 2.24) is 15.0 Å². The summed E-state index contributed by atoms with van der Waals surface area (Å²) in [4.78, 5) is 10.1. The lowest BCUT2D eigenvalue weighted by Gasteiger charge is -2.03. The minimum absolute atomic E-state index is 0.0145. The first-order valence-corrected chi connectivity index (χ1v) is 7.39. The summed E-state index contributed by atoms with van der Waals surface area (Å²) in [6.07, 6.45) is 1.77. The number of nitro benzene ring substituents is 1. The minimum Gasteiger partial charge on any atom is -0.487 e. The topological polar surface area (TPSA) is 107 Å². The normalized spacial score (nSPS) is 10.2. The van der Waals surface area contributed by atoms with Crippen LogP contribution in [-0.4, -0.2) is 19.9 Å². The first-order valence-electron chi connectivity index (χ1n) is 7.39. The van der Waals surface area contributed by atoms with Gasteiger partial charge in [-0.1, -0.05) is 17.3 Å². The van der Waals surface area contributed by atoms with Crippen LogP contribution in [-0.2, 0) is 13.2 Å². The van der Waals surface area contributed by atoms with Crippen LogP contribution in [0.15, 0.2) is 54.7 Å². The highest BCUT2D eigenvalue weighted by Crippen LogP contribution is 2.18. The lowest BCUT2D eigenvalue weighted by atomic mass is 10.1. The molecule has 8 heteroatoms. The first-order chi connectivity index (χ1) is 12.1. The van der Waals surface area contributed by atoms with E-state index in [4.69, 9.17) is 10.00 Å². The van der Waals surface area contributed by atoms with Crippen molar-refractivity contribution in [2.75, 3.05) is 0 Å². The number of nitriles is 1. The molecular formula is C17H13N5O3. The SMILES string of the molecule is N#Cc1ccc(Cn2cc(COc3ccc([N+](=O)[O-])cc3)nn2)cc1. The molecule has 0 amide bonds. The van der Waals surface area contributed by atoms with Crippen LogP contribution in [0, 0.1) is 21.4 Å². The average Bonchev–Trinajstić information content (AvgIpc) is 3.08. The number of hydrogen-bond acceptors (Lipinski definition) is 6. The Bertz CT molecular complexity index is 911. The number of ether oxygens (including phenoxy) is 1. The van der Waals surface area contributed by atoms with Crippen molar-refractivity contribution in [2.45, 2.75) is 13.2 Å². The molecule has 3 rings (SSSR count). The van der Waals surface area contributed by atoms with Crippen LogP contribution in [0.25, 0.3) is 0 Å². The maximum Gasteiger partial charge on any atom is 0.269 e. The molecule has 0 N–H and O–H groups in total. The molecule has 0 aliphatic heterocycles. The van der Waals surface area contributed by atoms with Gasteiger partial charge in [0.1, 0.15) is 18.1 Å². The van der Waals surface area contributed by atoms with Gasteiger partial charge in [-0.3, -0.25) is 10.1 Å². The van der Waals surface area contributed by atoms with Gasteiger partial charge in [-0.25, -0.2) is 4.68 Å². The number of non-ortho nitro benzene ring substituents is 1. The Labute approximate surface area is 143 Å². The average molecular weight is 335 g/mol. The van der Waals surface area contributed by atoms with Gasteiger partial charge < -0.3 is 4.74 Å². The summed E-state index contributed by atoms with van der Waals surface area (Å²) in [6.45, 7) is 0.751. The summed E-state index contributed by atoms with van der Waals surface area (Å²) in [5, 5.41) is 27.5. The molecule has 0 unspecified atom stereocenters. The number of benzene rings is 2. The third-order valence-corrected chi connectivity index (χ3v) is 3.45. The number of aromatic nitrogens is 3. The van der Waals surface area contributed by atoms with Crippen molar-refractivity contribution in [1.29, 1.82) is 5.26 Å². The Morgan fingerprint density at radius 1 is 1.16 bits per heavy atom. The van der Waals surface area contributed by atoms with Crippen molar-refractivity contribution in [2.24, 2.45) is 0 Å². The molecule has 8 nitrogen and oxygen atoms in total. The minimum atomic E-state index is -0.460. The van der Waals surface area contributed by atoms with E-state index in [9.17, 15) is 10.1 Å². The molecule has 0 aliphatic rings. The highest BCUT2D eigenvalue weighted by atomic mass is 16.6. The van der Waals surface area contributed by atoms with Gasteiger partial charge in [0.05, 0.1) is 29.3 Å². The standard InChI is InChI=1S/C17H13N5O3/c18-9-13-1-3-14(4-2-13)10-21-11-15(19-20-21)12-25-17-7-5-16(6-8-17)22(23)24/h1-8,11H,10,12H2. The van der Waals surface area contributed by atoms with Crippen LogP contribution in [0.4, 0.5) is 5.69 Å². The molecular weight excluding hydrogens is 322 g/mol. The van der Waals surface area contributed by atoms with Gasteiger partial charge in [0, 0.05) is 12.1 Å².